The minimum Gasteiger partial charge on any atom is -0.490 e. The molecule has 0 aliphatic carbocycles. The molecule has 4 rings (SSSR count). The number of aryl methyl sites for hydroxylation is 1. The topological polar surface area (TPSA) is 105 Å². The van der Waals surface area contributed by atoms with Gasteiger partial charge < -0.3 is 19.7 Å². The van der Waals surface area contributed by atoms with Gasteiger partial charge in [-0.2, -0.15) is 4.31 Å². The van der Waals surface area contributed by atoms with Crippen molar-refractivity contribution < 1.29 is 27.5 Å². The van der Waals surface area contributed by atoms with Crippen LogP contribution in [0.1, 0.15) is 22.3 Å². The second kappa shape index (κ2) is 9.80. The highest BCUT2D eigenvalue weighted by Gasteiger charge is 2.31. The normalized spacial score (nSPS) is 16.7. The molecular formula is C23H27N3O6S. The Morgan fingerprint density at radius 1 is 0.939 bits per heavy atom. The molecule has 2 heterocycles. The minimum atomic E-state index is -3.73. The maximum atomic E-state index is 13.1. The molecule has 0 unspecified atom stereocenters. The smallest absolute Gasteiger partial charge is 0.251 e. The van der Waals surface area contributed by atoms with Gasteiger partial charge in [0.05, 0.1) is 24.7 Å². The molecule has 2 amide bonds. The van der Waals surface area contributed by atoms with E-state index in [2.05, 4.69) is 5.32 Å². The Morgan fingerprint density at radius 2 is 1.61 bits per heavy atom. The highest BCUT2D eigenvalue weighted by atomic mass is 32.2. The van der Waals surface area contributed by atoms with Gasteiger partial charge in [-0.1, -0.05) is 17.7 Å². The zero-order chi connectivity index (χ0) is 23.4. The number of carbonyl (C=O) groups excluding carboxylic acids is 2. The van der Waals surface area contributed by atoms with E-state index < -0.39 is 10.0 Å². The molecule has 176 valence electrons. The molecule has 1 fully saturated rings. The maximum absolute atomic E-state index is 13.1. The van der Waals surface area contributed by atoms with Crippen molar-refractivity contribution >= 4 is 21.8 Å². The average molecular weight is 474 g/mol. The van der Waals surface area contributed by atoms with Crippen LogP contribution in [-0.4, -0.2) is 75.4 Å². The predicted molar refractivity (Wildman–Crippen MR) is 121 cm³/mol. The van der Waals surface area contributed by atoms with Crippen molar-refractivity contribution in [2.24, 2.45) is 0 Å². The Balaban J connectivity index is 1.32. The van der Waals surface area contributed by atoms with E-state index in [-0.39, 0.29) is 49.4 Å². The van der Waals surface area contributed by atoms with Gasteiger partial charge in [0.2, 0.25) is 15.9 Å². The first-order valence-corrected chi connectivity index (χ1v) is 12.3. The number of ether oxygens (including phenoxy) is 2. The van der Waals surface area contributed by atoms with Crippen LogP contribution in [0.4, 0.5) is 0 Å². The zero-order valence-corrected chi connectivity index (χ0v) is 19.3. The number of hydrogen-bond acceptors (Lipinski definition) is 6. The van der Waals surface area contributed by atoms with E-state index in [4.69, 9.17) is 9.47 Å². The molecule has 2 aromatic carbocycles. The first-order valence-electron chi connectivity index (χ1n) is 10.9. The third-order valence-electron chi connectivity index (χ3n) is 5.66. The van der Waals surface area contributed by atoms with Crippen molar-refractivity contribution in [2.45, 2.75) is 18.2 Å². The standard InChI is InChI=1S/C23H27N3O6S/c1-17-3-5-18(6-4-17)23(28)24-16-22(27)25-9-11-26(12-10-25)33(29,30)19-7-8-20-21(15-19)32-14-2-13-31-20/h3-8,15H,2,9-14,16H2,1H3,(H,24,28). The highest BCUT2D eigenvalue weighted by molar-refractivity contribution is 7.89. The fraction of sp³-hybridized carbons (Fsp3) is 0.391. The molecule has 2 aromatic rings. The summed E-state index contributed by atoms with van der Waals surface area (Å²) in [6.45, 7) is 3.65. The van der Waals surface area contributed by atoms with Gasteiger partial charge in [0.15, 0.2) is 11.5 Å². The van der Waals surface area contributed by atoms with Gasteiger partial charge in [-0.15, -0.1) is 0 Å². The van der Waals surface area contributed by atoms with E-state index in [0.29, 0.717) is 30.3 Å². The lowest BCUT2D eigenvalue weighted by molar-refractivity contribution is -0.131. The lowest BCUT2D eigenvalue weighted by Gasteiger charge is -2.34. The number of benzene rings is 2. The molecule has 2 aliphatic rings. The molecule has 1 saturated heterocycles. The largest absolute Gasteiger partial charge is 0.490 e. The predicted octanol–water partition coefficient (Wildman–Crippen LogP) is 1.42. The van der Waals surface area contributed by atoms with E-state index in [1.54, 1.807) is 23.1 Å². The molecule has 2 aliphatic heterocycles. The number of hydrogen-bond donors (Lipinski definition) is 1. The average Bonchev–Trinajstić information content (AvgIpc) is 3.08. The van der Waals surface area contributed by atoms with Gasteiger partial charge in [0, 0.05) is 44.2 Å². The molecule has 33 heavy (non-hydrogen) atoms. The first kappa shape index (κ1) is 23.1. The van der Waals surface area contributed by atoms with Crippen LogP contribution in [0, 0.1) is 6.92 Å². The number of sulfonamides is 1. The van der Waals surface area contributed by atoms with Crippen LogP contribution in [-0.2, 0) is 14.8 Å². The first-order chi connectivity index (χ1) is 15.8. The van der Waals surface area contributed by atoms with E-state index in [1.165, 1.54) is 16.4 Å². The van der Waals surface area contributed by atoms with Gasteiger partial charge in [-0.3, -0.25) is 9.59 Å². The summed E-state index contributed by atoms with van der Waals surface area (Å²) in [5, 5.41) is 2.63. The van der Waals surface area contributed by atoms with Gasteiger partial charge in [-0.05, 0) is 31.2 Å². The lowest BCUT2D eigenvalue weighted by Crippen LogP contribution is -2.52. The summed E-state index contributed by atoms with van der Waals surface area (Å²) in [5.41, 5.74) is 1.53. The molecule has 0 radical (unpaired) electrons. The van der Waals surface area contributed by atoms with Crippen LogP contribution >= 0.6 is 0 Å². The number of nitrogens with zero attached hydrogens (tertiary/aromatic N) is 2. The molecule has 0 bridgehead atoms. The maximum Gasteiger partial charge on any atom is 0.251 e. The van der Waals surface area contributed by atoms with Gasteiger partial charge in [0.1, 0.15) is 0 Å². The SMILES string of the molecule is Cc1ccc(C(=O)NCC(=O)N2CCN(S(=O)(=O)c3ccc4c(c3)OCCCO4)CC2)cc1. The van der Waals surface area contributed by atoms with Crippen LogP contribution in [0.15, 0.2) is 47.4 Å². The monoisotopic (exact) mass is 473 g/mol. The summed E-state index contributed by atoms with van der Waals surface area (Å²) in [7, 11) is -3.73. The van der Waals surface area contributed by atoms with Crippen molar-refractivity contribution in [1.82, 2.24) is 14.5 Å². The number of carbonyl (C=O) groups is 2. The highest BCUT2D eigenvalue weighted by Crippen LogP contribution is 2.33. The third kappa shape index (κ3) is 5.28. The van der Waals surface area contributed by atoms with Gasteiger partial charge >= 0.3 is 0 Å². The van der Waals surface area contributed by atoms with Crippen molar-refractivity contribution in [3.05, 3.63) is 53.6 Å². The summed E-state index contributed by atoms with van der Waals surface area (Å²) in [5.74, 6) is 0.392. The van der Waals surface area contributed by atoms with Crippen LogP contribution in [0.5, 0.6) is 11.5 Å². The molecular weight excluding hydrogens is 446 g/mol. The third-order valence-corrected chi connectivity index (χ3v) is 7.56. The van der Waals surface area contributed by atoms with Crippen molar-refractivity contribution in [3.8, 4) is 11.5 Å². The van der Waals surface area contributed by atoms with Gasteiger partial charge in [-0.25, -0.2) is 8.42 Å². The number of fused-ring (bicyclic) bond motifs is 1. The Bertz CT molecular complexity index is 1130. The fourth-order valence-corrected chi connectivity index (χ4v) is 5.14. The van der Waals surface area contributed by atoms with E-state index in [1.807, 2.05) is 19.1 Å². The number of nitrogens with one attached hydrogen (secondary N) is 1. The summed E-state index contributed by atoms with van der Waals surface area (Å²) < 4.78 is 38.7. The Kier molecular flexibility index (Phi) is 6.85. The van der Waals surface area contributed by atoms with Crippen LogP contribution < -0.4 is 14.8 Å². The number of rotatable bonds is 5. The van der Waals surface area contributed by atoms with Crippen molar-refractivity contribution in [1.29, 1.82) is 0 Å². The van der Waals surface area contributed by atoms with Crippen LogP contribution in [0.3, 0.4) is 0 Å². The van der Waals surface area contributed by atoms with Crippen molar-refractivity contribution in [2.75, 3.05) is 45.9 Å². The number of piperazine rings is 1. The summed E-state index contributed by atoms with van der Waals surface area (Å²) >= 11 is 0. The quantitative estimate of drug-likeness (QED) is 0.704. The molecule has 1 N–H and O–H groups in total. The van der Waals surface area contributed by atoms with Gasteiger partial charge in [0.25, 0.3) is 5.91 Å². The Labute approximate surface area is 193 Å². The molecule has 0 spiro atoms. The molecule has 10 heteroatoms. The summed E-state index contributed by atoms with van der Waals surface area (Å²) in [6.07, 6.45) is 0.734. The van der Waals surface area contributed by atoms with E-state index in [0.717, 1.165) is 12.0 Å². The molecule has 0 saturated carbocycles. The second-order valence-corrected chi connectivity index (χ2v) is 9.93. The summed E-state index contributed by atoms with van der Waals surface area (Å²) in [6, 6.07) is 11.7. The number of amides is 2. The zero-order valence-electron chi connectivity index (χ0n) is 18.5. The second-order valence-electron chi connectivity index (χ2n) is 7.99. The van der Waals surface area contributed by atoms with E-state index in [9.17, 15) is 18.0 Å². The molecule has 0 aromatic heterocycles. The fourth-order valence-electron chi connectivity index (χ4n) is 3.71. The minimum absolute atomic E-state index is 0.136. The molecule has 0 atom stereocenters. The van der Waals surface area contributed by atoms with Crippen LogP contribution in [0.25, 0.3) is 0 Å². The van der Waals surface area contributed by atoms with E-state index >= 15 is 0 Å². The molecule has 9 nitrogen and oxygen atoms in total. The lowest BCUT2D eigenvalue weighted by atomic mass is 10.1. The van der Waals surface area contributed by atoms with Crippen LogP contribution in [0.2, 0.25) is 0 Å². The summed E-state index contributed by atoms with van der Waals surface area (Å²) in [4.78, 5) is 26.4. The Hall–Kier alpha value is -3.11. The van der Waals surface area contributed by atoms with Crippen molar-refractivity contribution in [3.63, 3.8) is 0 Å². The Morgan fingerprint density at radius 3 is 2.30 bits per heavy atom.